The van der Waals surface area contributed by atoms with Crippen LogP contribution in [0.2, 0.25) is 0 Å². The molecule has 2 heterocycles. The Balaban J connectivity index is 1.29. The number of hydrogen-bond acceptors (Lipinski definition) is 5. The second-order valence-corrected chi connectivity index (χ2v) is 8.38. The van der Waals surface area contributed by atoms with E-state index in [4.69, 9.17) is 0 Å². The maximum absolute atomic E-state index is 12.7. The van der Waals surface area contributed by atoms with Gasteiger partial charge in [0.25, 0.3) is 5.91 Å². The molecule has 0 saturated carbocycles. The molecule has 0 spiro atoms. The molecule has 1 fully saturated rings. The molecule has 0 bridgehead atoms. The lowest BCUT2D eigenvalue weighted by Crippen LogP contribution is -2.48. The number of rotatable bonds is 7. The summed E-state index contributed by atoms with van der Waals surface area (Å²) in [5.41, 5.74) is 3.04. The van der Waals surface area contributed by atoms with Crippen LogP contribution in [0.3, 0.4) is 0 Å². The third-order valence-corrected chi connectivity index (χ3v) is 6.03. The number of thiophene rings is 1. The van der Waals surface area contributed by atoms with Crippen LogP contribution in [-0.2, 0) is 11.3 Å². The Morgan fingerprint density at radius 3 is 2.29 bits per heavy atom. The van der Waals surface area contributed by atoms with Gasteiger partial charge in [-0.15, -0.1) is 0 Å². The zero-order valence-electron chi connectivity index (χ0n) is 17.3. The summed E-state index contributed by atoms with van der Waals surface area (Å²) in [5, 5.41) is 10.1. The fourth-order valence-corrected chi connectivity index (χ4v) is 4.31. The van der Waals surface area contributed by atoms with E-state index in [-0.39, 0.29) is 11.8 Å². The third-order valence-electron chi connectivity index (χ3n) is 5.30. The average molecular weight is 435 g/mol. The van der Waals surface area contributed by atoms with E-state index in [1.165, 1.54) is 5.56 Å². The Kier molecular flexibility index (Phi) is 7.09. The maximum atomic E-state index is 12.7. The van der Waals surface area contributed by atoms with Crippen LogP contribution in [0.5, 0.6) is 0 Å². The number of hydrogen-bond donors (Lipinski definition) is 2. The third kappa shape index (κ3) is 6.01. The summed E-state index contributed by atoms with van der Waals surface area (Å²) in [4.78, 5) is 29.9. The van der Waals surface area contributed by atoms with E-state index in [0.29, 0.717) is 23.5 Å². The van der Waals surface area contributed by atoms with E-state index in [1.54, 1.807) is 29.5 Å². The van der Waals surface area contributed by atoms with E-state index < -0.39 is 0 Å². The van der Waals surface area contributed by atoms with Crippen molar-refractivity contribution in [3.8, 4) is 0 Å². The van der Waals surface area contributed by atoms with Gasteiger partial charge >= 0.3 is 0 Å². The molecule has 0 atom stereocenters. The van der Waals surface area contributed by atoms with Crippen molar-refractivity contribution in [3.63, 3.8) is 0 Å². The highest BCUT2D eigenvalue weighted by Crippen LogP contribution is 2.18. The molecule has 0 radical (unpaired) electrons. The number of anilines is 2. The number of amides is 2. The molecule has 1 aliphatic rings. The van der Waals surface area contributed by atoms with Crippen LogP contribution in [-0.4, -0.2) is 54.3 Å². The zero-order chi connectivity index (χ0) is 21.5. The number of piperazine rings is 1. The summed E-state index contributed by atoms with van der Waals surface area (Å²) < 4.78 is 0. The van der Waals surface area contributed by atoms with Crippen molar-refractivity contribution >= 4 is 34.5 Å². The number of benzene rings is 2. The lowest BCUT2D eigenvalue weighted by Gasteiger charge is -2.34. The minimum atomic E-state index is -0.246. The normalized spacial score (nSPS) is 14.8. The van der Waals surface area contributed by atoms with E-state index >= 15 is 0 Å². The first kappa shape index (κ1) is 21.2. The van der Waals surface area contributed by atoms with Gasteiger partial charge in [-0.1, -0.05) is 30.3 Å². The molecule has 4 rings (SSSR count). The lowest BCUT2D eigenvalue weighted by molar-refractivity contribution is -0.117. The first-order valence-electron chi connectivity index (χ1n) is 10.4. The summed E-state index contributed by atoms with van der Waals surface area (Å²) in [6.07, 6.45) is 0. The van der Waals surface area contributed by atoms with Crippen LogP contribution in [0.15, 0.2) is 71.4 Å². The molecule has 0 unspecified atom stereocenters. The standard InChI is InChI=1S/C24H26N4O2S/c29-23(17-28-13-11-27(12-14-28)16-19-10-15-31-18-19)26-22-9-5-4-8-21(22)24(30)25-20-6-2-1-3-7-20/h1-10,15,18H,11-14,16-17H2,(H,25,30)(H,26,29). The lowest BCUT2D eigenvalue weighted by atomic mass is 10.1. The van der Waals surface area contributed by atoms with Crippen LogP contribution in [0.25, 0.3) is 0 Å². The van der Waals surface area contributed by atoms with E-state index in [1.807, 2.05) is 36.4 Å². The Bertz CT molecular complexity index is 999. The molecule has 31 heavy (non-hydrogen) atoms. The highest BCUT2D eigenvalue weighted by molar-refractivity contribution is 7.07. The number of carbonyl (C=O) groups excluding carboxylic acids is 2. The molecule has 6 nitrogen and oxygen atoms in total. The number of nitrogens with zero attached hydrogens (tertiary/aromatic N) is 2. The first-order valence-corrected chi connectivity index (χ1v) is 11.3. The van der Waals surface area contributed by atoms with Crippen molar-refractivity contribution in [2.45, 2.75) is 6.54 Å². The van der Waals surface area contributed by atoms with Crippen molar-refractivity contribution in [3.05, 3.63) is 82.6 Å². The molecule has 2 amide bonds. The van der Waals surface area contributed by atoms with Gasteiger partial charge in [0, 0.05) is 38.4 Å². The molecular formula is C24H26N4O2S. The monoisotopic (exact) mass is 434 g/mol. The quantitative estimate of drug-likeness (QED) is 0.594. The molecule has 160 valence electrons. The molecule has 0 aliphatic carbocycles. The predicted molar refractivity (Wildman–Crippen MR) is 126 cm³/mol. The van der Waals surface area contributed by atoms with Crippen molar-refractivity contribution < 1.29 is 9.59 Å². The van der Waals surface area contributed by atoms with Gasteiger partial charge in [0.15, 0.2) is 0 Å². The predicted octanol–water partition coefficient (Wildman–Crippen LogP) is 3.76. The van der Waals surface area contributed by atoms with Crippen LogP contribution in [0, 0.1) is 0 Å². The Hall–Kier alpha value is -3.00. The summed E-state index contributed by atoms with van der Waals surface area (Å²) in [6.45, 7) is 4.88. The molecule has 1 aromatic heterocycles. The SMILES string of the molecule is O=C(CN1CCN(Cc2ccsc2)CC1)Nc1ccccc1C(=O)Nc1ccccc1. The molecule has 2 aromatic carbocycles. The highest BCUT2D eigenvalue weighted by Gasteiger charge is 2.20. The second kappa shape index (κ2) is 10.3. The Labute approximate surface area is 186 Å². The van der Waals surface area contributed by atoms with Crippen LogP contribution >= 0.6 is 11.3 Å². The van der Waals surface area contributed by atoms with Crippen LogP contribution in [0.1, 0.15) is 15.9 Å². The molecular weight excluding hydrogens is 408 g/mol. The van der Waals surface area contributed by atoms with Crippen molar-refractivity contribution in [2.24, 2.45) is 0 Å². The smallest absolute Gasteiger partial charge is 0.257 e. The van der Waals surface area contributed by atoms with Gasteiger partial charge in [0.05, 0.1) is 17.8 Å². The number of para-hydroxylation sites is 2. The summed E-state index contributed by atoms with van der Waals surface area (Å²) >= 11 is 1.72. The topological polar surface area (TPSA) is 64.7 Å². The summed E-state index contributed by atoms with van der Waals surface area (Å²) in [6, 6.07) is 18.5. The van der Waals surface area contributed by atoms with E-state index in [2.05, 4.69) is 37.3 Å². The van der Waals surface area contributed by atoms with Gasteiger partial charge in [0.1, 0.15) is 0 Å². The second-order valence-electron chi connectivity index (χ2n) is 7.60. The van der Waals surface area contributed by atoms with Gasteiger partial charge in [-0.2, -0.15) is 11.3 Å². The highest BCUT2D eigenvalue weighted by atomic mass is 32.1. The fourth-order valence-electron chi connectivity index (χ4n) is 3.65. The van der Waals surface area contributed by atoms with Crippen LogP contribution < -0.4 is 10.6 Å². The zero-order valence-corrected chi connectivity index (χ0v) is 18.1. The fraction of sp³-hybridized carbons (Fsp3) is 0.250. The van der Waals surface area contributed by atoms with Crippen LogP contribution in [0.4, 0.5) is 11.4 Å². The van der Waals surface area contributed by atoms with Crippen molar-refractivity contribution in [2.75, 3.05) is 43.4 Å². The van der Waals surface area contributed by atoms with E-state index in [9.17, 15) is 9.59 Å². The Morgan fingerprint density at radius 2 is 1.55 bits per heavy atom. The van der Waals surface area contributed by atoms with E-state index in [0.717, 1.165) is 32.7 Å². The molecule has 1 saturated heterocycles. The van der Waals surface area contributed by atoms with Crippen molar-refractivity contribution in [1.82, 2.24) is 9.80 Å². The van der Waals surface area contributed by atoms with Gasteiger partial charge in [0.2, 0.25) is 5.91 Å². The number of nitrogens with one attached hydrogen (secondary N) is 2. The molecule has 2 N–H and O–H groups in total. The minimum Gasteiger partial charge on any atom is -0.324 e. The van der Waals surface area contributed by atoms with Gasteiger partial charge in [-0.3, -0.25) is 19.4 Å². The maximum Gasteiger partial charge on any atom is 0.257 e. The number of carbonyl (C=O) groups is 2. The van der Waals surface area contributed by atoms with Gasteiger partial charge < -0.3 is 10.6 Å². The van der Waals surface area contributed by atoms with Gasteiger partial charge in [-0.25, -0.2) is 0 Å². The molecule has 3 aromatic rings. The van der Waals surface area contributed by atoms with Crippen molar-refractivity contribution in [1.29, 1.82) is 0 Å². The molecule has 1 aliphatic heterocycles. The first-order chi connectivity index (χ1) is 15.2. The minimum absolute atomic E-state index is 0.105. The summed E-state index contributed by atoms with van der Waals surface area (Å²) in [5.74, 6) is -0.351. The summed E-state index contributed by atoms with van der Waals surface area (Å²) in [7, 11) is 0. The average Bonchev–Trinajstić information content (AvgIpc) is 3.29. The van der Waals surface area contributed by atoms with Gasteiger partial charge in [-0.05, 0) is 46.7 Å². The largest absolute Gasteiger partial charge is 0.324 e. The molecule has 7 heteroatoms. The Morgan fingerprint density at radius 1 is 0.839 bits per heavy atom.